The average molecular weight is 109 g/mol. The van der Waals surface area contributed by atoms with Crippen LogP contribution in [0.4, 0.5) is 0 Å². The molecular weight excluding hydrogens is 106 g/mol. The zero-order valence-corrected chi connectivity index (χ0v) is 3.97. The predicted molar refractivity (Wildman–Crippen MR) is 20.6 cm³/mol. The van der Waals surface area contributed by atoms with E-state index in [4.69, 9.17) is 0 Å². The lowest BCUT2D eigenvalue weighted by Gasteiger charge is -3.03. The molecule has 6 aliphatic rings. The molecule has 0 bridgehead atoms. The second kappa shape index (κ2) is 0.404. The fourth-order valence-corrected chi connectivity index (χ4v) is 2.48. The van der Waals surface area contributed by atoms with Gasteiger partial charge in [-0.05, 0) is 0 Å². The van der Waals surface area contributed by atoms with Crippen LogP contribution in [0.25, 0.3) is 0 Å². The summed E-state index contributed by atoms with van der Waals surface area (Å²) < 4.78 is 0. The summed E-state index contributed by atoms with van der Waals surface area (Å²) in [6.07, 6.45) is 1.62. The number of nitrogens with zero attached hydrogens (tertiary/aromatic N) is 5. The van der Waals surface area contributed by atoms with Crippen LogP contribution in [0.5, 0.6) is 0 Å². The van der Waals surface area contributed by atoms with E-state index in [-0.39, 0.29) is 0 Å². The van der Waals surface area contributed by atoms with Gasteiger partial charge >= 0.3 is 0 Å². The first kappa shape index (κ1) is 2.59. The second-order valence-electron chi connectivity index (χ2n) is 2.93. The van der Waals surface area contributed by atoms with Crippen LogP contribution in [-0.2, 0) is 0 Å². The molecule has 2 atom stereocenters. The van der Waals surface area contributed by atoms with E-state index in [0.717, 1.165) is 18.4 Å². The topological polar surface area (TPSA) is 16.2 Å². The summed E-state index contributed by atoms with van der Waals surface area (Å²) in [5.41, 5.74) is 0. The van der Waals surface area contributed by atoms with Crippen molar-refractivity contribution >= 4 is 0 Å². The van der Waals surface area contributed by atoms with Gasteiger partial charge in [-0.2, -0.15) is 5.01 Å². The molecular formula is C3H3N5. The van der Waals surface area contributed by atoms with Crippen molar-refractivity contribution in [3.63, 3.8) is 0 Å². The first-order valence-corrected chi connectivity index (χ1v) is 2.96. The molecule has 40 valence electrons. The molecule has 0 N–H and O–H groups in total. The van der Waals surface area contributed by atoms with Gasteiger partial charge in [0.2, 0.25) is 0 Å². The van der Waals surface area contributed by atoms with E-state index in [1.165, 1.54) is 0 Å². The molecule has 0 aromatic heterocycles. The summed E-state index contributed by atoms with van der Waals surface area (Å²) in [5.74, 6) is 0. The van der Waals surface area contributed by atoms with Gasteiger partial charge < -0.3 is 0 Å². The minimum absolute atomic E-state index is 0.810. The van der Waals surface area contributed by atoms with Crippen molar-refractivity contribution in [1.29, 1.82) is 0 Å². The van der Waals surface area contributed by atoms with E-state index in [2.05, 4.69) is 25.6 Å². The first-order chi connectivity index (χ1) is 4.00. The largest absolute Gasteiger partial charge is 0.166 e. The number of hydrogen-bond donors (Lipinski definition) is 0. The van der Waals surface area contributed by atoms with Crippen molar-refractivity contribution in [2.75, 3.05) is 0 Å². The monoisotopic (exact) mass is 109 g/mol. The Kier molecular flexibility index (Phi) is 0.131. The maximum atomic E-state index is 2.41. The lowest BCUT2D eigenvalue weighted by atomic mass is 9.85. The molecule has 8 heavy (non-hydrogen) atoms. The average Bonchev–Trinajstić information content (AvgIpc) is 1.90. The first-order valence-electron chi connectivity index (χ1n) is 2.96. The van der Waals surface area contributed by atoms with Gasteiger partial charge in [0, 0.05) is 0 Å². The van der Waals surface area contributed by atoms with Gasteiger partial charge in [-0.3, -0.25) is 0 Å². The van der Waals surface area contributed by atoms with E-state index in [0.29, 0.717) is 0 Å². The van der Waals surface area contributed by atoms with E-state index in [9.17, 15) is 0 Å². The van der Waals surface area contributed by atoms with Crippen LogP contribution in [0.3, 0.4) is 0 Å². The van der Waals surface area contributed by atoms with E-state index >= 15 is 0 Å². The smallest absolute Gasteiger partial charge is 0.136 e. The van der Waals surface area contributed by atoms with Crippen LogP contribution in [0.1, 0.15) is 0 Å². The maximum Gasteiger partial charge on any atom is 0.136 e. The molecule has 6 heterocycles. The Balaban J connectivity index is 2.00. The molecule has 6 aliphatic heterocycles. The third-order valence-electron chi connectivity index (χ3n) is 2.89. The Hall–Kier alpha value is -0.200. The van der Waals surface area contributed by atoms with E-state index in [1.807, 2.05) is 0 Å². The van der Waals surface area contributed by atoms with Gasteiger partial charge in [0.15, 0.2) is 0 Å². The van der Waals surface area contributed by atoms with Gasteiger partial charge in [0.1, 0.15) is 18.4 Å². The van der Waals surface area contributed by atoms with Gasteiger partial charge in [-0.15, -0.1) is 15.4 Å². The SMILES string of the molecule is C12C3N4C1N1N2N3N41. The molecule has 0 radical (unpaired) electrons. The highest BCUT2D eigenvalue weighted by Gasteiger charge is 2.98. The Morgan fingerprint density at radius 3 is 1.75 bits per heavy atom. The lowest BCUT2D eigenvalue weighted by molar-refractivity contribution is -0.896. The third-order valence-corrected chi connectivity index (χ3v) is 2.89. The van der Waals surface area contributed by atoms with E-state index in [1.54, 1.807) is 0 Å². The highest BCUT2D eigenvalue weighted by molar-refractivity contribution is 5.26. The van der Waals surface area contributed by atoms with Crippen molar-refractivity contribution in [1.82, 2.24) is 25.6 Å². The third kappa shape index (κ3) is 0.0585. The van der Waals surface area contributed by atoms with Crippen molar-refractivity contribution in [2.24, 2.45) is 0 Å². The summed E-state index contributed by atoms with van der Waals surface area (Å²) in [7, 11) is 0. The highest BCUT2D eigenvalue weighted by Crippen LogP contribution is 2.73. The molecule has 6 rings (SSSR count). The Morgan fingerprint density at radius 1 is 0.875 bits per heavy atom. The molecule has 5 heteroatoms. The van der Waals surface area contributed by atoms with Gasteiger partial charge in [-0.1, -0.05) is 5.23 Å². The molecule has 0 aromatic rings. The van der Waals surface area contributed by atoms with Crippen molar-refractivity contribution in [2.45, 2.75) is 18.4 Å². The van der Waals surface area contributed by atoms with Crippen LogP contribution >= 0.6 is 0 Å². The van der Waals surface area contributed by atoms with Crippen molar-refractivity contribution < 1.29 is 0 Å². The molecule has 5 nitrogen and oxygen atoms in total. The fourth-order valence-electron chi connectivity index (χ4n) is 2.48. The number of hydrazine groups is 5. The lowest BCUT2D eigenvalue weighted by Crippen LogP contribution is -3.28. The normalized spacial score (nSPS) is 74.2. The van der Waals surface area contributed by atoms with Crippen molar-refractivity contribution in [3.05, 3.63) is 0 Å². The summed E-state index contributed by atoms with van der Waals surface area (Å²) in [6.45, 7) is 0. The molecule has 2 unspecified atom stereocenters. The highest BCUT2D eigenvalue weighted by atomic mass is 16.6. The molecule has 0 spiro atoms. The van der Waals surface area contributed by atoms with Crippen LogP contribution in [0, 0.1) is 0 Å². The molecule has 0 saturated carbocycles. The minimum atomic E-state index is 0.810. The molecule has 6 saturated heterocycles. The zero-order valence-electron chi connectivity index (χ0n) is 3.97. The van der Waals surface area contributed by atoms with E-state index < -0.39 is 0 Å². The Labute approximate surface area is 45.1 Å². The standard InChI is InChI=1S/C3H3N5/c1-2-4-3(1)7-5(1)6(2)8(4)7/h1-3H. The van der Waals surface area contributed by atoms with Gasteiger partial charge in [-0.25, -0.2) is 0 Å². The van der Waals surface area contributed by atoms with Crippen LogP contribution in [0.2, 0.25) is 0 Å². The molecule has 0 aromatic carbocycles. The van der Waals surface area contributed by atoms with Crippen LogP contribution in [-0.4, -0.2) is 44.0 Å². The fraction of sp³-hybridized carbons (Fsp3) is 1.00. The minimum Gasteiger partial charge on any atom is -0.166 e. The summed E-state index contributed by atoms with van der Waals surface area (Å²) in [6, 6.07) is 0.903. The van der Waals surface area contributed by atoms with Gasteiger partial charge in [0.05, 0.1) is 0 Å². The summed E-state index contributed by atoms with van der Waals surface area (Å²) >= 11 is 0. The summed E-state index contributed by atoms with van der Waals surface area (Å²) in [4.78, 5) is 0. The predicted octanol–water partition coefficient (Wildman–Crippen LogP) is -1.84. The van der Waals surface area contributed by atoms with Crippen LogP contribution in [0.15, 0.2) is 0 Å². The van der Waals surface area contributed by atoms with Crippen LogP contribution < -0.4 is 0 Å². The Morgan fingerprint density at radius 2 is 1.62 bits per heavy atom. The quantitative estimate of drug-likeness (QED) is 0.362. The molecule has 0 amide bonds. The molecule has 0 aliphatic carbocycles. The Bertz CT molecular complexity index is 118. The zero-order chi connectivity index (χ0) is 4.62. The number of hydrogen-bond acceptors (Lipinski definition) is 5. The number of rotatable bonds is 0. The summed E-state index contributed by atoms with van der Waals surface area (Å²) in [5, 5.41) is 11.5. The van der Waals surface area contributed by atoms with Gasteiger partial charge in [0.25, 0.3) is 0 Å². The second-order valence-corrected chi connectivity index (χ2v) is 2.93. The van der Waals surface area contributed by atoms with Crippen molar-refractivity contribution in [3.8, 4) is 0 Å². The maximum absolute atomic E-state index is 2.41. The molecule has 6 fully saturated rings.